The SMILES string of the molecule is CCCCC1(CCCC)CN(c2ccccc2)c2cc(SCC)c(OC=CC(=O)O)cc2S(O)(O)C1. The van der Waals surface area contributed by atoms with Crippen LogP contribution in [0.3, 0.4) is 0 Å². The lowest BCUT2D eigenvalue weighted by molar-refractivity contribution is -0.131. The fourth-order valence-electron chi connectivity index (χ4n) is 4.87. The summed E-state index contributed by atoms with van der Waals surface area (Å²) in [7, 11) is -3.15. The van der Waals surface area contributed by atoms with Crippen LogP contribution in [-0.4, -0.2) is 38.2 Å². The number of anilines is 2. The maximum absolute atomic E-state index is 11.7. The molecule has 6 nitrogen and oxygen atoms in total. The van der Waals surface area contributed by atoms with Gasteiger partial charge in [0.1, 0.15) is 5.75 Å². The fraction of sp³-hybridized carbons (Fsp3) is 0.464. The smallest absolute Gasteiger partial charge is 0.331 e. The van der Waals surface area contributed by atoms with Gasteiger partial charge in [-0.2, -0.15) is 10.6 Å². The predicted octanol–water partition coefficient (Wildman–Crippen LogP) is 8.40. The second-order valence-corrected chi connectivity index (χ2v) is 12.8. The Morgan fingerprint density at radius 3 is 2.36 bits per heavy atom. The first-order valence-electron chi connectivity index (χ1n) is 12.7. The lowest BCUT2D eigenvalue weighted by Gasteiger charge is -2.42. The lowest BCUT2D eigenvalue weighted by Crippen LogP contribution is -2.37. The molecule has 0 aliphatic carbocycles. The molecule has 2 aromatic carbocycles. The zero-order valence-corrected chi connectivity index (χ0v) is 23.1. The Balaban J connectivity index is 2.22. The highest BCUT2D eigenvalue weighted by atomic mass is 32.3. The van der Waals surface area contributed by atoms with Crippen LogP contribution in [0.15, 0.2) is 64.6 Å². The Hall–Kier alpha value is -2.13. The van der Waals surface area contributed by atoms with Gasteiger partial charge in [0.25, 0.3) is 0 Å². The molecule has 0 aromatic heterocycles. The minimum Gasteiger partial charge on any atom is -0.478 e. The van der Waals surface area contributed by atoms with Crippen molar-refractivity contribution in [2.45, 2.75) is 69.1 Å². The summed E-state index contributed by atoms with van der Waals surface area (Å²) in [6.45, 7) is 7.09. The van der Waals surface area contributed by atoms with Crippen molar-refractivity contribution in [1.29, 1.82) is 0 Å². The summed E-state index contributed by atoms with van der Waals surface area (Å²) in [5.74, 6) is 0.420. The van der Waals surface area contributed by atoms with Crippen LogP contribution in [0.25, 0.3) is 0 Å². The maximum Gasteiger partial charge on any atom is 0.331 e. The molecule has 0 saturated carbocycles. The number of fused-ring (bicyclic) bond motifs is 1. The topological polar surface area (TPSA) is 90.2 Å². The molecule has 0 fully saturated rings. The van der Waals surface area contributed by atoms with Gasteiger partial charge in [0.05, 0.1) is 27.8 Å². The number of ether oxygens (including phenoxy) is 1. The van der Waals surface area contributed by atoms with Gasteiger partial charge in [-0.15, -0.1) is 11.8 Å². The van der Waals surface area contributed by atoms with Crippen LogP contribution in [0.5, 0.6) is 5.75 Å². The average molecular weight is 534 g/mol. The van der Waals surface area contributed by atoms with Crippen LogP contribution < -0.4 is 9.64 Å². The van der Waals surface area contributed by atoms with Crippen molar-refractivity contribution in [2.24, 2.45) is 5.41 Å². The van der Waals surface area contributed by atoms with E-state index in [-0.39, 0.29) is 5.41 Å². The number of nitrogens with zero attached hydrogens (tertiary/aromatic N) is 1. The van der Waals surface area contributed by atoms with E-state index in [9.17, 15) is 13.9 Å². The highest BCUT2D eigenvalue weighted by molar-refractivity contribution is 8.24. The van der Waals surface area contributed by atoms with Crippen molar-refractivity contribution in [1.82, 2.24) is 0 Å². The van der Waals surface area contributed by atoms with Gasteiger partial charge < -0.3 is 14.7 Å². The van der Waals surface area contributed by atoms with Crippen molar-refractivity contribution < 1.29 is 23.7 Å². The van der Waals surface area contributed by atoms with E-state index in [0.29, 0.717) is 22.9 Å². The summed E-state index contributed by atoms with van der Waals surface area (Å²) in [5, 5.41) is 8.98. The standard InChI is InChI=1S/C28H39NO5S2/c1-4-7-15-28(16-8-5-2)20-29(22-12-10-9-11-13-22)23-18-25(35-6-3)24(34-17-14-27(30)31)19-26(23)36(32,33)21-28/h9-14,17-19,32-33H,4-8,15-16,20-21H2,1-3H3,(H,30,31). The summed E-state index contributed by atoms with van der Waals surface area (Å²) in [6, 6.07) is 13.8. The summed E-state index contributed by atoms with van der Waals surface area (Å²) in [6.07, 6.45) is 8.09. The van der Waals surface area contributed by atoms with Gasteiger partial charge in [-0.3, -0.25) is 9.11 Å². The third-order valence-corrected chi connectivity index (χ3v) is 9.53. The summed E-state index contributed by atoms with van der Waals surface area (Å²) in [4.78, 5) is 14.5. The van der Waals surface area contributed by atoms with Crippen molar-refractivity contribution in [3.63, 3.8) is 0 Å². The molecular formula is C28H39NO5S2. The van der Waals surface area contributed by atoms with Crippen molar-refractivity contribution >= 4 is 39.7 Å². The van der Waals surface area contributed by atoms with Crippen LogP contribution in [0, 0.1) is 5.41 Å². The van der Waals surface area contributed by atoms with E-state index in [1.54, 1.807) is 17.8 Å². The Morgan fingerprint density at radius 1 is 1.11 bits per heavy atom. The van der Waals surface area contributed by atoms with E-state index in [1.807, 2.05) is 31.2 Å². The van der Waals surface area contributed by atoms with E-state index in [0.717, 1.165) is 72.9 Å². The van der Waals surface area contributed by atoms with E-state index in [4.69, 9.17) is 9.84 Å². The molecule has 1 heterocycles. The molecule has 0 saturated heterocycles. The van der Waals surface area contributed by atoms with Gasteiger partial charge in [-0.1, -0.05) is 64.7 Å². The number of hydrogen-bond acceptors (Lipinski definition) is 6. The normalized spacial score (nSPS) is 17.4. The number of carbonyl (C=O) groups is 1. The van der Waals surface area contributed by atoms with Gasteiger partial charge >= 0.3 is 5.97 Å². The van der Waals surface area contributed by atoms with Gasteiger partial charge in [-0.05, 0) is 36.8 Å². The quantitative estimate of drug-likeness (QED) is 0.143. The Labute approximate surface area is 221 Å². The van der Waals surface area contributed by atoms with E-state index in [1.165, 1.54) is 0 Å². The van der Waals surface area contributed by atoms with Gasteiger partial charge in [-0.25, -0.2) is 4.79 Å². The number of unbranched alkanes of at least 4 members (excludes halogenated alkanes) is 2. The van der Waals surface area contributed by atoms with Crippen LogP contribution >= 0.6 is 22.4 Å². The first-order chi connectivity index (χ1) is 17.2. The minimum absolute atomic E-state index is 0.248. The lowest BCUT2D eigenvalue weighted by atomic mass is 9.79. The molecule has 198 valence electrons. The molecule has 3 N–H and O–H groups in total. The number of thioether (sulfide) groups is 1. The second-order valence-electron chi connectivity index (χ2n) is 9.40. The van der Waals surface area contributed by atoms with E-state index in [2.05, 4.69) is 30.9 Å². The molecule has 1 aliphatic heterocycles. The number of para-hydroxylation sites is 1. The highest BCUT2D eigenvalue weighted by Crippen LogP contribution is 2.62. The first kappa shape index (κ1) is 28.4. The Morgan fingerprint density at radius 2 is 1.78 bits per heavy atom. The maximum atomic E-state index is 11.7. The Bertz CT molecular complexity index is 1030. The predicted molar refractivity (Wildman–Crippen MR) is 151 cm³/mol. The molecule has 0 atom stereocenters. The van der Waals surface area contributed by atoms with Crippen LogP contribution in [-0.2, 0) is 4.79 Å². The number of rotatable bonds is 12. The zero-order chi connectivity index (χ0) is 26.2. The van der Waals surface area contributed by atoms with Crippen LogP contribution in [0.2, 0.25) is 0 Å². The third-order valence-electron chi connectivity index (χ3n) is 6.56. The van der Waals surface area contributed by atoms with Gasteiger partial charge in [0.2, 0.25) is 0 Å². The van der Waals surface area contributed by atoms with Crippen molar-refractivity contribution in [3.8, 4) is 5.75 Å². The van der Waals surface area contributed by atoms with Crippen molar-refractivity contribution in [2.75, 3.05) is 23.0 Å². The zero-order valence-electron chi connectivity index (χ0n) is 21.5. The van der Waals surface area contributed by atoms with Gasteiger partial charge in [0.15, 0.2) is 0 Å². The largest absolute Gasteiger partial charge is 0.478 e. The molecule has 0 spiro atoms. The van der Waals surface area contributed by atoms with E-state index >= 15 is 0 Å². The summed E-state index contributed by atoms with van der Waals surface area (Å²) in [5.41, 5.74) is 1.55. The van der Waals surface area contributed by atoms with Crippen LogP contribution in [0.1, 0.15) is 59.3 Å². The van der Waals surface area contributed by atoms with Gasteiger partial charge in [0, 0.05) is 29.5 Å². The highest BCUT2D eigenvalue weighted by Gasteiger charge is 2.42. The third kappa shape index (κ3) is 7.00. The molecule has 8 heteroatoms. The van der Waals surface area contributed by atoms with Crippen molar-refractivity contribution in [3.05, 3.63) is 54.8 Å². The average Bonchev–Trinajstić information content (AvgIpc) is 2.94. The molecule has 36 heavy (non-hydrogen) atoms. The molecule has 0 radical (unpaired) electrons. The molecule has 0 unspecified atom stereocenters. The monoisotopic (exact) mass is 533 g/mol. The summed E-state index contributed by atoms with van der Waals surface area (Å²) < 4.78 is 29.1. The molecular weight excluding hydrogens is 494 g/mol. The first-order valence-corrected chi connectivity index (χ1v) is 15.4. The molecule has 0 amide bonds. The molecule has 2 aromatic rings. The number of carboxylic acid groups (broad SMARTS) is 1. The number of aliphatic carboxylic acids is 1. The summed E-state index contributed by atoms with van der Waals surface area (Å²) >= 11 is 1.58. The minimum atomic E-state index is -3.15. The second kappa shape index (κ2) is 12.9. The Kier molecular flexibility index (Phi) is 10.2. The number of carboxylic acids is 1. The molecule has 3 rings (SSSR count). The van der Waals surface area contributed by atoms with E-state index < -0.39 is 16.6 Å². The number of hydrogen-bond donors (Lipinski definition) is 3. The molecule has 0 bridgehead atoms. The number of benzene rings is 2. The molecule has 1 aliphatic rings. The van der Waals surface area contributed by atoms with Crippen LogP contribution in [0.4, 0.5) is 11.4 Å². The fourth-order valence-corrected chi connectivity index (χ4v) is 7.81.